The number of fused-ring (bicyclic) bond motifs is 1. The molecule has 1 atom stereocenters. The highest BCUT2D eigenvalue weighted by atomic mass is 32.1. The van der Waals surface area contributed by atoms with Crippen LogP contribution >= 0.6 is 11.3 Å². The second kappa shape index (κ2) is 13.8. The van der Waals surface area contributed by atoms with Crippen LogP contribution in [0.5, 0.6) is 5.75 Å². The summed E-state index contributed by atoms with van der Waals surface area (Å²) in [5.41, 5.74) is 4.57. The van der Waals surface area contributed by atoms with Crippen molar-refractivity contribution in [2.24, 2.45) is 0 Å². The van der Waals surface area contributed by atoms with Gasteiger partial charge in [-0.3, -0.25) is 14.9 Å². The highest BCUT2D eigenvalue weighted by molar-refractivity contribution is 7.22. The van der Waals surface area contributed by atoms with Crippen LogP contribution in [-0.4, -0.2) is 40.9 Å². The Bertz CT molecular complexity index is 1720. The summed E-state index contributed by atoms with van der Waals surface area (Å²) < 4.78 is 42.3. The number of anilines is 1. The van der Waals surface area contributed by atoms with Crippen LogP contribution in [0.15, 0.2) is 72.8 Å². The minimum atomic E-state index is -4.83. The second-order valence-corrected chi connectivity index (χ2v) is 11.4. The summed E-state index contributed by atoms with van der Waals surface area (Å²) in [7, 11) is 0. The highest BCUT2D eigenvalue weighted by Gasteiger charge is 2.31. The number of halogens is 3. The van der Waals surface area contributed by atoms with E-state index in [2.05, 4.69) is 31.7 Å². The zero-order valence-corrected chi connectivity index (χ0v) is 24.6. The number of aliphatic carboxylic acids is 1. The number of carboxylic acids is 1. The van der Waals surface area contributed by atoms with Crippen molar-refractivity contribution in [2.45, 2.75) is 44.5 Å². The molecule has 4 N–H and O–H groups in total. The molecule has 3 amide bonds. The third-order valence-corrected chi connectivity index (χ3v) is 8.06. The van der Waals surface area contributed by atoms with Crippen molar-refractivity contribution in [2.75, 3.05) is 11.9 Å². The summed E-state index contributed by atoms with van der Waals surface area (Å²) in [6.07, 6.45) is 1.57. The first kappa shape index (κ1) is 31.5. The third kappa shape index (κ3) is 8.60. The number of ether oxygens (including phenoxy) is 1. The highest BCUT2D eigenvalue weighted by Crippen LogP contribution is 2.32. The number of carboxylic acid groups (broad SMARTS) is 1. The van der Waals surface area contributed by atoms with Gasteiger partial charge in [0, 0.05) is 18.2 Å². The fourth-order valence-corrected chi connectivity index (χ4v) is 5.87. The minimum Gasteiger partial charge on any atom is -0.481 e. The molecule has 13 heteroatoms. The average molecular weight is 639 g/mol. The van der Waals surface area contributed by atoms with Gasteiger partial charge in [0.25, 0.3) is 5.91 Å². The van der Waals surface area contributed by atoms with E-state index in [1.54, 1.807) is 24.3 Å². The lowest BCUT2D eigenvalue weighted by molar-refractivity contribution is -0.274. The molecular weight excluding hydrogens is 609 g/mol. The summed E-state index contributed by atoms with van der Waals surface area (Å²) in [5, 5.41) is 17.2. The number of carbonyl (C=O) groups is 3. The largest absolute Gasteiger partial charge is 0.573 e. The fraction of sp³-hybridized carbons (Fsp3) is 0.250. The molecule has 45 heavy (non-hydrogen) atoms. The Morgan fingerprint density at radius 3 is 2.33 bits per heavy atom. The Hall–Kier alpha value is -4.91. The lowest BCUT2D eigenvalue weighted by atomic mass is 9.91. The molecule has 0 aliphatic heterocycles. The number of urea groups is 1. The maximum absolute atomic E-state index is 13.2. The zero-order chi connectivity index (χ0) is 32.0. The molecular formula is C32H29F3N4O5S. The van der Waals surface area contributed by atoms with Gasteiger partial charge in [0.05, 0.1) is 22.7 Å². The van der Waals surface area contributed by atoms with Gasteiger partial charge >= 0.3 is 18.4 Å². The first-order valence-corrected chi connectivity index (χ1v) is 15.0. The molecule has 0 bridgehead atoms. The number of nitrogens with one attached hydrogen (secondary N) is 3. The number of allylic oxidation sites excluding steroid dienone is 2. The molecule has 0 fully saturated rings. The van der Waals surface area contributed by atoms with Crippen molar-refractivity contribution in [3.63, 3.8) is 0 Å². The van der Waals surface area contributed by atoms with Crippen molar-refractivity contribution in [3.05, 3.63) is 95.1 Å². The smallest absolute Gasteiger partial charge is 0.481 e. The Morgan fingerprint density at radius 2 is 1.69 bits per heavy atom. The summed E-state index contributed by atoms with van der Waals surface area (Å²) >= 11 is 0.998. The van der Waals surface area contributed by atoms with Crippen molar-refractivity contribution < 1.29 is 37.4 Å². The molecule has 0 spiro atoms. The molecule has 1 aliphatic rings. The van der Waals surface area contributed by atoms with E-state index >= 15 is 0 Å². The van der Waals surface area contributed by atoms with E-state index in [1.165, 1.54) is 24.1 Å². The van der Waals surface area contributed by atoms with E-state index in [0.717, 1.165) is 47.8 Å². The predicted octanol–water partition coefficient (Wildman–Crippen LogP) is 7.27. The van der Waals surface area contributed by atoms with Crippen LogP contribution in [0.25, 0.3) is 15.8 Å². The maximum Gasteiger partial charge on any atom is 0.573 e. The summed E-state index contributed by atoms with van der Waals surface area (Å²) in [6.45, 7) is -0.00845. The number of amides is 3. The van der Waals surface area contributed by atoms with E-state index in [4.69, 9.17) is 5.11 Å². The molecule has 0 radical (unpaired) electrons. The molecule has 4 aromatic rings. The van der Waals surface area contributed by atoms with Crippen LogP contribution in [0.3, 0.4) is 0 Å². The maximum atomic E-state index is 13.2. The molecule has 5 rings (SSSR count). The molecule has 1 aromatic heterocycles. The van der Waals surface area contributed by atoms with Crippen LogP contribution in [0.1, 0.15) is 65.2 Å². The van der Waals surface area contributed by atoms with Crippen molar-refractivity contribution in [3.8, 4) is 5.75 Å². The van der Waals surface area contributed by atoms with Gasteiger partial charge < -0.3 is 20.5 Å². The number of hydrogen-bond acceptors (Lipinski definition) is 6. The number of benzene rings is 3. The van der Waals surface area contributed by atoms with Crippen LogP contribution in [-0.2, 0) is 4.79 Å². The molecule has 1 aliphatic carbocycles. The topological polar surface area (TPSA) is 130 Å². The molecule has 0 saturated heterocycles. The monoisotopic (exact) mass is 638 g/mol. The number of rotatable bonds is 10. The van der Waals surface area contributed by atoms with Crippen LogP contribution < -0.4 is 20.7 Å². The Kier molecular flexibility index (Phi) is 9.67. The Morgan fingerprint density at radius 1 is 0.978 bits per heavy atom. The summed E-state index contributed by atoms with van der Waals surface area (Å²) in [6, 6.07) is 17.0. The molecule has 0 saturated carbocycles. The second-order valence-electron chi connectivity index (χ2n) is 10.3. The normalized spacial score (nSPS) is 13.9. The lowest BCUT2D eigenvalue weighted by Crippen LogP contribution is -2.33. The van der Waals surface area contributed by atoms with Gasteiger partial charge in [-0.05, 0) is 72.2 Å². The van der Waals surface area contributed by atoms with E-state index < -0.39 is 30.3 Å². The number of thiazole rings is 1. The predicted molar refractivity (Wildman–Crippen MR) is 164 cm³/mol. The molecule has 1 unspecified atom stereocenters. The molecule has 3 aromatic carbocycles. The minimum absolute atomic E-state index is 0.00845. The lowest BCUT2D eigenvalue weighted by Gasteiger charge is -2.21. The Labute approximate surface area is 260 Å². The quantitative estimate of drug-likeness (QED) is 0.145. The summed E-state index contributed by atoms with van der Waals surface area (Å²) in [4.78, 5) is 40.7. The first-order valence-electron chi connectivity index (χ1n) is 14.2. The van der Waals surface area contributed by atoms with Crippen molar-refractivity contribution in [1.82, 2.24) is 15.6 Å². The fourth-order valence-electron chi connectivity index (χ4n) is 4.98. The van der Waals surface area contributed by atoms with Crippen molar-refractivity contribution >= 4 is 50.2 Å². The van der Waals surface area contributed by atoms with Gasteiger partial charge in [-0.25, -0.2) is 9.78 Å². The van der Waals surface area contributed by atoms with Gasteiger partial charge in [0.1, 0.15) is 5.75 Å². The number of hydrogen-bond donors (Lipinski definition) is 4. The standard InChI is InChI=1S/C32H29F3N4O5S/c33-32(34,35)44-24-14-15-25-26(18-24)45-31(37-25)39-30(43)38-28(21-8-6-20(7-9-21)19-4-2-1-3-5-19)22-10-12-23(13-11-22)29(42)36-17-16-27(40)41/h4,6-15,18,28H,1-3,5,16-17H2,(H,36,42)(H,40,41)(H2,37,38,39,43). The third-order valence-electron chi connectivity index (χ3n) is 7.13. The molecule has 1 heterocycles. The number of aromatic nitrogens is 1. The Balaban J connectivity index is 1.35. The molecule has 9 nitrogen and oxygen atoms in total. The van der Waals surface area contributed by atoms with E-state index in [0.29, 0.717) is 21.3 Å². The van der Waals surface area contributed by atoms with E-state index in [-0.39, 0.29) is 23.8 Å². The van der Waals surface area contributed by atoms with E-state index in [1.807, 2.05) is 24.3 Å². The van der Waals surface area contributed by atoms with Gasteiger partial charge in [0.2, 0.25) is 0 Å². The van der Waals surface area contributed by atoms with Gasteiger partial charge in [-0.1, -0.05) is 53.8 Å². The zero-order valence-electron chi connectivity index (χ0n) is 23.8. The van der Waals surface area contributed by atoms with Crippen LogP contribution in [0.2, 0.25) is 0 Å². The van der Waals surface area contributed by atoms with Crippen LogP contribution in [0.4, 0.5) is 23.1 Å². The SMILES string of the molecule is O=C(O)CCNC(=O)c1ccc(C(NC(=O)Nc2nc3ccc(OC(F)(F)F)cc3s2)c2ccc(C3=CCCCC3)cc2)cc1. The first-order chi connectivity index (χ1) is 21.5. The number of nitrogens with zero attached hydrogens (tertiary/aromatic N) is 1. The van der Waals surface area contributed by atoms with Crippen molar-refractivity contribution in [1.29, 1.82) is 0 Å². The number of carbonyl (C=O) groups excluding carboxylic acids is 2. The summed E-state index contributed by atoms with van der Waals surface area (Å²) in [5.74, 6) is -1.83. The van der Waals surface area contributed by atoms with Gasteiger partial charge in [0.15, 0.2) is 5.13 Å². The average Bonchev–Trinajstić information content (AvgIpc) is 3.41. The number of alkyl halides is 3. The van der Waals surface area contributed by atoms with E-state index in [9.17, 15) is 27.6 Å². The van der Waals surface area contributed by atoms with Gasteiger partial charge in [-0.15, -0.1) is 13.2 Å². The van der Waals surface area contributed by atoms with Crippen LogP contribution in [0, 0.1) is 0 Å². The van der Waals surface area contributed by atoms with Gasteiger partial charge in [-0.2, -0.15) is 0 Å². The molecule has 234 valence electrons.